The minimum absolute atomic E-state index is 0.0294. The van der Waals surface area contributed by atoms with E-state index in [0.29, 0.717) is 66.3 Å². The maximum Gasteiger partial charge on any atom is 0.234 e. The molecule has 0 saturated carbocycles. The summed E-state index contributed by atoms with van der Waals surface area (Å²) in [6.45, 7) is 7.66. The zero-order chi connectivity index (χ0) is 46.1. The predicted octanol–water partition coefficient (Wildman–Crippen LogP) is 7.52. The highest BCUT2D eigenvalue weighted by atomic mass is 79.9. The molecule has 3 N–H and O–H groups in total. The molecule has 5 saturated heterocycles. The third-order valence-corrected chi connectivity index (χ3v) is 18.1. The van der Waals surface area contributed by atoms with Crippen LogP contribution in [0.2, 0.25) is 0 Å². The van der Waals surface area contributed by atoms with Crippen LogP contribution in [0.3, 0.4) is 0 Å². The van der Waals surface area contributed by atoms with Gasteiger partial charge in [-0.05, 0) is 96.8 Å². The number of hydrogen-bond donors (Lipinski definition) is 3. The third kappa shape index (κ3) is 9.53. The minimum atomic E-state index is -2.45. The summed E-state index contributed by atoms with van der Waals surface area (Å²) < 4.78 is 51.0. The summed E-state index contributed by atoms with van der Waals surface area (Å²) in [6, 6.07) is 14.9. The van der Waals surface area contributed by atoms with E-state index in [4.69, 9.17) is 9.72 Å². The number of aryl methyl sites for hydroxylation is 1. The molecule has 5 aliphatic rings. The Labute approximate surface area is 392 Å². The number of halogens is 3. The Morgan fingerprint density at radius 2 is 1.62 bits per heavy atom. The van der Waals surface area contributed by atoms with Gasteiger partial charge in [0.1, 0.15) is 30.3 Å². The van der Waals surface area contributed by atoms with Gasteiger partial charge in [0.15, 0.2) is 0 Å². The first-order valence-electron chi connectivity index (χ1n) is 23.2. The van der Waals surface area contributed by atoms with Crippen molar-refractivity contribution in [3.05, 3.63) is 82.0 Å². The number of para-hydroxylation sites is 1. The van der Waals surface area contributed by atoms with Crippen molar-refractivity contribution in [2.75, 3.05) is 92.2 Å². The summed E-state index contributed by atoms with van der Waals surface area (Å²) in [7, 11) is -0.787. The largest absolute Gasteiger partial charge is 0.494 e. The zero-order valence-corrected chi connectivity index (χ0v) is 39.9. The van der Waals surface area contributed by atoms with Crippen LogP contribution in [0.4, 0.5) is 43.3 Å². The Bertz CT molecular complexity index is 2520. The van der Waals surface area contributed by atoms with Crippen molar-refractivity contribution in [2.24, 2.45) is 5.92 Å². The van der Waals surface area contributed by atoms with Crippen LogP contribution in [0.15, 0.2) is 59.2 Å². The number of anilines is 6. The summed E-state index contributed by atoms with van der Waals surface area (Å²) in [5, 5.41) is 9.88. The molecule has 0 radical (unpaired) electrons. The molecule has 5 fully saturated rings. The van der Waals surface area contributed by atoms with E-state index < -0.39 is 36.5 Å². The second-order valence-corrected chi connectivity index (χ2v) is 22.1. The first-order chi connectivity index (χ1) is 31.9. The number of piperazine rings is 1. The molecule has 9 rings (SSSR count). The van der Waals surface area contributed by atoms with E-state index in [1.807, 2.05) is 34.1 Å². The molecular formula is C48H57BrF2N9O5P. The summed E-state index contributed by atoms with van der Waals surface area (Å²) >= 11 is 3.61. The number of imide groups is 1. The topological polar surface area (TPSA) is 152 Å². The predicted molar refractivity (Wildman–Crippen MR) is 257 cm³/mol. The molecule has 2 unspecified atom stereocenters. The number of benzene rings is 3. The van der Waals surface area contributed by atoms with Crippen LogP contribution in [0, 0.1) is 17.6 Å². The number of nitrogens with zero attached hydrogens (tertiary/aromatic N) is 6. The van der Waals surface area contributed by atoms with Gasteiger partial charge in [0.25, 0.3) is 0 Å². The summed E-state index contributed by atoms with van der Waals surface area (Å²) in [5.41, 5.74) is 3.92. The van der Waals surface area contributed by atoms with Gasteiger partial charge in [0.2, 0.25) is 23.7 Å². The average molecular weight is 989 g/mol. The van der Waals surface area contributed by atoms with Crippen molar-refractivity contribution < 1.29 is 32.5 Å². The van der Waals surface area contributed by atoms with Crippen LogP contribution in [0.1, 0.15) is 68.9 Å². The number of piperidine rings is 2. The van der Waals surface area contributed by atoms with E-state index in [1.165, 1.54) is 17.7 Å². The number of ether oxygens (including phenoxy) is 1. The molecule has 3 aromatic carbocycles. The maximum atomic E-state index is 15.3. The van der Waals surface area contributed by atoms with Crippen LogP contribution in [-0.4, -0.2) is 115 Å². The highest BCUT2D eigenvalue weighted by molar-refractivity contribution is 9.10. The molecule has 3 amide bonds. The molecular weight excluding hydrogens is 931 g/mol. The van der Waals surface area contributed by atoms with Gasteiger partial charge in [-0.1, -0.05) is 19.1 Å². The molecule has 5 aliphatic heterocycles. The average Bonchev–Trinajstić information content (AvgIpc) is 4.01. The summed E-state index contributed by atoms with van der Waals surface area (Å²) in [4.78, 5) is 55.8. The SMILES string of the molecule is CCc1cc(Nc2ncc(Br)c(Nc3ccccc3P3(=O)CCCC3)n2)c(OC)cc1N1CCC(N2CCN(C(=O)C3CCN(c4cc(F)c(C5CCC(=O)NC5=O)c(F)c4)C3)CC2)CC1. The second-order valence-electron chi connectivity index (χ2n) is 18.1. The normalized spacial score (nSPS) is 21.6. The van der Waals surface area contributed by atoms with Crippen LogP contribution in [0.5, 0.6) is 5.75 Å². The molecule has 0 spiro atoms. The van der Waals surface area contributed by atoms with Crippen LogP contribution in [-0.2, 0) is 25.4 Å². The quantitative estimate of drug-likeness (QED) is 0.0952. The molecule has 0 bridgehead atoms. The Morgan fingerprint density at radius 1 is 0.909 bits per heavy atom. The van der Waals surface area contributed by atoms with E-state index in [1.54, 1.807) is 13.3 Å². The van der Waals surface area contributed by atoms with Crippen molar-refractivity contribution in [2.45, 2.75) is 70.3 Å². The molecule has 350 valence electrons. The minimum Gasteiger partial charge on any atom is -0.494 e. The summed E-state index contributed by atoms with van der Waals surface area (Å²) in [6.07, 6.45) is 8.62. The van der Waals surface area contributed by atoms with Crippen molar-refractivity contribution in [1.29, 1.82) is 0 Å². The monoisotopic (exact) mass is 987 g/mol. The molecule has 0 aliphatic carbocycles. The zero-order valence-electron chi connectivity index (χ0n) is 37.5. The van der Waals surface area contributed by atoms with Gasteiger partial charge in [-0.2, -0.15) is 4.98 Å². The van der Waals surface area contributed by atoms with E-state index in [2.05, 4.69) is 65.7 Å². The maximum absolute atomic E-state index is 15.3. The van der Waals surface area contributed by atoms with Crippen molar-refractivity contribution in [3.63, 3.8) is 0 Å². The lowest BCUT2D eigenvalue weighted by molar-refractivity contribution is -0.137. The number of aromatic nitrogens is 2. The fourth-order valence-corrected chi connectivity index (χ4v) is 13.9. The molecule has 66 heavy (non-hydrogen) atoms. The second kappa shape index (κ2) is 19.6. The number of amides is 3. The van der Waals surface area contributed by atoms with Gasteiger partial charge < -0.3 is 34.6 Å². The van der Waals surface area contributed by atoms with Crippen molar-refractivity contribution in [1.82, 2.24) is 25.1 Å². The fourth-order valence-electron chi connectivity index (χ4n) is 10.5. The highest BCUT2D eigenvalue weighted by Gasteiger charge is 2.37. The number of rotatable bonds is 12. The van der Waals surface area contributed by atoms with E-state index in [-0.39, 0.29) is 30.2 Å². The third-order valence-electron chi connectivity index (χ3n) is 14.2. The molecule has 18 heteroatoms. The lowest BCUT2D eigenvalue weighted by Crippen LogP contribution is -2.55. The van der Waals surface area contributed by atoms with Gasteiger partial charge in [-0.25, -0.2) is 13.8 Å². The van der Waals surface area contributed by atoms with Gasteiger partial charge in [0.05, 0.1) is 34.8 Å². The smallest absolute Gasteiger partial charge is 0.234 e. The Hall–Kier alpha value is -5.12. The molecule has 6 heterocycles. The molecule has 1 aromatic heterocycles. The van der Waals surface area contributed by atoms with Crippen molar-refractivity contribution in [3.8, 4) is 5.75 Å². The van der Waals surface area contributed by atoms with Crippen LogP contribution in [0.25, 0.3) is 0 Å². The van der Waals surface area contributed by atoms with E-state index >= 15 is 8.78 Å². The first-order valence-corrected chi connectivity index (χ1v) is 26.1. The molecule has 2 atom stereocenters. The van der Waals surface area contributed by atoms with Gasteiger partial charge in [0, 0.05) is 112 Å². The molecule has 14 nitrogen and oxygen atoms in total. The number of hydrogen-bond acceptors (Lipinski definition) is 12. The number of methoxy groups -OCH3 is 1. The molecule has 4 aromatic rings. The Kier molecular flexibility index (Phi) is 13.7. The number of carbonyl (C=O) groups excluding carboxylic acids is 3. The van der Waals surface area contributed by atoms with Crippen LogP contribution < -0.4 is 35.8 Å². The Balaban J connectivity index is 0.781. The van der Waals surface area contributed by atoms with Gasteiger partial charge in [-0.3, -0.25) is 24.6 Å². The fraction of sp³-hybridized carbons (Fsp3) is 0.479. The number of carbonyl (C=O) groups is 3. The van der Waals surface area contributed by atoms with Crippen LogP contribution >= 0.6 is 23.1 Å². The van der Waals surface area contributed by atoms with E-state index in [9.17, 15) is 18.9 Å². The summed E-state index contributed by atoms with van der Waals surface area (Å²) in [5.74, 6) is -2.36. The lowest BCUT2D eigenvalue weighted by atomic mass is 9.89. The number of nitrogens with one attached hydrogen (secondary N) is 3. The van der Waals surface area contributed by atoms with Gasteiger partial charge in [-0.15, -0.1) is 0 Å². The van der Waals surface area contributed by atoms with E-state index in [0.717, 1.165) is 93.0 Å². The lowest BCUT2D eigenvalue weighted by Gasteiger charge is -2.44. The Morgan fingerprint density at radius 3 is 2.32 bits per heavy atom. The first kappa shape index (κ1) is 46.0. The standard InChI is InChI=1S/C48H57BrF2N9O5P/c1-3-30-24-39(54-48-52-28-35(49)45(56-48)53-38-8-4-5-9-42(38)66(64)22-6-7-23-66)41(65-2)27-40(30)58-16-13-32(14-17-58)57-18-20-59(21-19-57)47(63)31-12-15-60(29-31)33-25-36(50)44(37(51)26-33)34-10-11-43(61)55-46(34)62/h4-5,8-9,24-28,31-32,34H,3,6-7,10-23,29H2,1-2H3,(H,55,61,62)(H2,52,53,54,56). The van der Waals surface area contributed by atoms with Crippen molar-refractivity contribution >= 4 is 80.6 Å². The highest BCUT2D eigenvalue weighted by Crippen LogP contribution is 2.52. The van der Waals surface area contributed by atoms with Gasteiger partial charge >= 0.3 is 0 Å².